The molecule has 0 aliphatic carbocycles. The van der Waals surface area contributed by atoms with Gasteiger partial charge in [0.05, 0.1) is 0 Å². The number of aryl methyl sites for hydroxylation is 1. The van der Waals surface area contributed by atoms with Crippen molar-refractivity contribution in [1.29, 1.82) is 0 Å². The van der Waals surface area contributed by atoms with Gasteiger partial charge in [-0.2, -0.15) is 0 Å². The van der Waals surface area contributed by atoms with Crippen molar-refractivity contribution in [2.24, 2.45) is 0 Å². The van der Waals surface area contributed by atoms with Gasteiger partial charge in [-0.05, 0) is 93.3 Å². The van der Waals surface area contributed by atoms with Crippen LogP contribution in [0.3, 0.4) is 0 Å². The molecule has 64 heavy (non-hydrogen) atoms. The smallest absolute Gasteiger partial charge is 0.0623 e. The topological polar surface area (TPSA) is 0 Å². The summed E-state index contributed by atoms with van der Waals surface area (Å²) in [7, 11) is -5.17. The molecule has 3 aromatic carbocycles. The van der Waals surface area contributed by atoms with E-state index in [1.165, 1.54) is 44.5 Å². The molecule has 0 nitrogen and oxygen atoms in total. The molecule has 3 rings (SSSR count). The summed E-state index contributed by atoms with van der Waals surface area (Å²) in [5.41, 5.74) is 11.5. The maximum absolute atomic E-state index is 3.91. The Balaban J connectivity index is -0.0000000482. The Bertz CT molecular complexity index is 1140. The van der Waals surface area contributed by atoms with Crippen molar-refractivity contribution in [2.45, 2.75) is 186 Å². The van der Waals surface area contributed by atoms with Crippen LogP contribution in [0.25, 0.3) is 0 Å². The van der Waals surface area contributed by atoms with Crippen molar-refractivity contribution < 1.29 is 58.4 Å². The molecule has 0 fully saturated rings. The molecule has 9 heteroatoms. The van der Waals surface area contributed by atoms with Gasteiger partial charge in [-0.15, -0.1) is 48.4 Å². The Morgan fingerprint density at radius 1 is 0.297 bits per heavy atom. The van der Waals surface area contributed by atoms with Crippen molar-refractivity contribution in [3.05, 3.63) is 167 Å². The van der Waals surface area contributed by atoms with Crippen molar-refractivity contribution in [3.63, 3.8) is 0 Å². The van der Waals surface area contributed by atoms with Gasteiger partial charge in [-0.1, -0.05) is 198 Å². The first kappa shape index (κ1) is 94.6. The Kier molecular flexibility index (Phi) is 68.4. The summed E-state index contributed by atoms with van der Waals surface area (Å²) in [6.45, 7) is 83.1. The molecule has 0 amide bonds. The third kappa shape index (κ3) is 120. The number of hydrogen-bond donors (Lipinski definition) is 0. The minimum atomic E-state index is -0.861. The number of hydrogen-bond acceptors (Lipinski definition) is 0. The molecule has 0 bridgehead atoms. The van der Waals surface area contributed by atoms with Gasteiger partial charge < -0.3 is 61.6 Å². The zero-order valence-corrected chi connectivity index (χ0v) is 60.8. The van der Waals surface area contributed by atoms with Gasteiger partial charge in [0, 0.05) is 0 Å². The van der Waals surface area contributed by atoms with E-state index in [4.69, 9.17) is 0 Å². The molecule has 0 saturated carbocycles. The van der Waals surface area contributed by atoms with Crippen molar-refractivity contribution >= 4 is 48.4 Å². The average Bonchev–Trinajstić information content (AvgIpc) is 2.95. The van der Waals surface area contributed by atoms with Crippen LogP contribution < -0.4 is 0 Å². The molecule has 0 atom stereocenters. The predicted octanol–water partition coefficient (Wildman–Crippen LogP) is 18.3. The zero-order chi connectivity index (χ0) is 48.3. The Morgan fingerprint density at radius 2 is 0.406 bits per heavy atom. The molecule has 0 radical (unpaired) electrons. The fourth-order valence-corrected chi connectivity index (χ4v) is 3.02. The molecule has 396 valence electrons. The van der Waals surface area contributed by atoms with Gasteiger partial charge in [0.1, 0.15) is 0 Å². The van der Waals surface area contributed by atoms with E-state index < -0.39 is 48.4 Å². The van der Waals surface area contributed by atoms with E-state index in [2.05, 4.69) is 244 Å². The Morgan fingerprint density at radius 3 is 0.500 bits per heavy atom. The van der Waals surface area contributed by atoms with Gasteiger partial charge in [0.15, 0.2) is 0 Å². The summed E-state index contributed by atoms with van der Waals surface area (Å²) in [6.07, 6.45) is 0. The summed E-state index contributed by atoms with van der Waals surface area (Å²) < 4.78 is 0. The second kappa shape index (κ2) is 46.2. The predicted molar refractivity (Wildman–Crippen MR) is 326 cm³/mol. The van der Waals surface area contributed by atoms with Crippen molar-refractivity contribution in [2.75, 3.05) is 0 Å². The van der Waals surface area contributed by atoms with Crippen LogP contribution in [0.4, 0.5) is 0 Å². The average molecular weight is 1250 g/mol. The van der Waals surface area contributed by atoms with Crippen LogP contribution in [0.1, 0.15) is 64.3 Å². The minimum absolute atomic E-state index is 0. The molecule has 0 aliphatic rings. The molecule has 0 aromatic heterocycles. The molecule has 3 aromatic rings. The molecule has 0 spiro atoms. The van der Waals surface area contributed by atoms with E-state index in [1.54, 1.807) is 0 Å². The third-order valence-electron chi connectivity index (χ3n) is 5.79. The monoisotopic (exact) mass is 1250 g/mol. The van der Waals surface area contributed by atoms with E-state index in [0.29, 0.717) is 5.92 Å². The van der Waals surface area contributed by atoms with Crippen molar-refractivity contribution in [1.82, 2.24) is 0 Å². The van der Waals surface area contributed by atoms with Crippen LogP contribution in [-0.2, 0) is 58.4 Å². The van der Waals surface area contributed by atoms with Crippen molar-refractivity contribution in [3.8, 4) is 0 Å². The van der Waals surface area contributed by atoms with E-state index in [0.717, 1.165) is 0 Å². The standard InChI is InChI=1S/C12H18.C10H14.C6H6.6C4H11Si.3CH3.3Ru.6H/c1-7-8(2)10(4)12(6)11(5)9(7)3;1-8(2)10-6-4-9(3)5-7-10;1-2-4-6-5-3-1;6*1-5(2,3)4;;;;;;;;;;;;/h1-6H3;4-8H,1-3H3;1-6H;6*1H2,2-4H3;3*1H3;;;;;;;;;/q;;;9*-1;;;;;;;;;. The van der Waals surface area contributed by atoms with Crippen LogP contribution in [-0.4, -0.2) is 48.4 Å². The molecule has 0 N–H and O–H groups in total. The summed E-state index contributed by atoms with van der Waals surface area (Å²) >= 11 is 0. The van der Waals surface area contributed by atoms with Gasteiger partial charge in [0.2, 0.25) is 0 Å². The number of benzene rings is 3. The van der Waals surface area contributed by atoms with Gasteiger partial charge in [0.25, 0.3) is 0 Å². The van der Waals surface area contributed by atoms with Crippen LogP contribution in [0.5, 0.6) is 0 Å². The van der Waals surface area contributed by atoms with E-state index >= 15 is 0 Å². The van der Waals surface area contributed by atoms with Gasteiger partial charge >= 0.3 is 58.4 Å². The second-order valence-corrected chi connectivity index (χ2v) is 54.1. The van der Waals surface area contributed by atoms with Crippen LogP contribution >= 0.6 is 0 Å². The van der Waals surface area contributed by atoms with Crippen LogP contribution in [0.2, 0.25) is 118 Å². The summed E-state index contributed by atoms with van der Waals surface area (Å²) in [6, 6.07) is 20.7. The second-order valence-electron chi connectivity index (χ2n) is 23.3. The van der Waals surface area contributed by atoms with Crippen LogP contribution in [0, 0.1) is 110 Å². The Hall–Kier alpha value is 0.831. The largest absolute Gasteiger partial charge is 0.0623 e. The zero-order valence-electron chi connectivity index (χ0n) is 48.8. The fraction of sp³-hybridized carbons (Fsp3) is 0.509. The minimum Gasteiger partial charge on any atom is -0.0623 e. The molecule has 0 aliphatic heterocycles. The molecular formula is C55H119Ru3Si6-9. The van der Waals surface area contributed by atoms with Gasteiger partial charge in [-0.3, -0.25) is 0 Å². The summed E-state index contributed by atoms with van der Waals surface area (Å²) in [5.74, 6) is 0.653. The molecule has 0 heterocycles. The van der Waals surface area contributed by atoms with E-state index in [9.17, 15) is 0 Å². The fourth-order valence-electron chi connectivity index (χ4n) is 3.02. The molecule has 0 saturated heterocycles. The van der Waals surface area contributed by atoms with Crippen LogP contribution in [0.15, 0.2) is 60.7 Å². The summed E-state index contributed by atoms with van der Waals surface area (Å²) in [4.78, 5) is 0. The molecular weight excluding hydrogens is 1130 g/mol. The van der Waals surface area contributed by atoms with E-state index in [-0.39, 0.29) is 80.7 Å². The quantitative estimate of drug-likeness (QED) is 0.168. The first-order valence-electron chi connectivity index (χ1n) is 21.4. The maximum Gasteiger partial charge on any atom is -0.0623 e. The third-order valence-corrected chi connectivity index (χ3v) is 5.79. The summed E-state index contributed by atoms with van der Waals surface area (Å²) in [5, 5.41) is 0. The maximum atomic E-state index is 3.91. The number of rotatable bonds is 1. The Labute approximate surface area is 455 Å². The molecule has 0 unspecified atom stereocenters. The van der Waals surface area contributed by atoms with Gasteiger partial charge in [-0.25, -0.2) is 0 Å². The van der Waals surface area contributed by atoms with E-state index in [1.807, 2.05) is 36.4 Å². The first-order valence-corrected chi connectivity index (χ1v) is 43.6. The normalized spacial score (nSPS) is 9.97. The SMILES string of the molecule is Cc1c(C)c(C)c(C)c(C)c1C.Cc1ccc(C(C)C)cc1.[CH2-][Si](C)(C)C.[CH2-][Si](C)(C)C.[CH2-][Si](C)(C)C.[CH2-][Si](C)(C)C.[CH2-][Si](C)(C)C.[CH2-][Si](C)(C)C.[CH3-].[CH3-].[CH3-].[RuH2].[RuH2].[RuH2].c1ccccc1. The first-order chi connectivity index (χ1) is 25.2.